The Labute approximate surface area is 98.1 Å². The second-order valence-electron chi connectivity index (χ2n) is 3.65. The predicted octanol–water partition coefficient (Wildman–Crippen LogP) is 2.06. The van der Waals surface area contributed by atoms with Gasteiger partial charge in [-0.1, -0.05) is 0 Å². The Kier molecular flexibility index (Phi) is 3.18. The van der Waals surface area contributed by atoms with Crippen LogP contribution >= 0.6 is 0 Å². The molecule has 17 heavy (non-hydrogen) atoms. The van der Waals surface area contributed by atoms with Gasteiger partial charge in [-0.15, -0.1) is 0 Å². The molecule has 2 aromatic heterocycles. The van der Waals surface area contributed by atoms with Gasteiger partial charge < -0.3 is 9.52 Å². The van der Waals surface area contributed by atoms with Crippen LogP contribution in [0.25, 0.3) is 11.5 Å². The minimum atomic E-state index is -0.835. The van der Waals surface area contributed by atoms with Crippen molar-refractivity contribution in [2.24, 2.45) is 0 Å². The van der Waals surface area contributed by atoms with Crippen molar-refractivity contribution in [2.75, 3.05) is 0 Å². The number of aromatic nitrogens is 2. The van der Waals surface area contributed by atoms with E-state index < -0.39 is 5.97 Å². The first-order valence-electron chi connectivity index (χ1n) is 5.25. The van der Waals surface area contributed by atoms with Crippen molar-refractivity contribution in [1.29, 1.82) is 0 Å². The summed E-state index contributed by atoms with van der Waals surface area (Å²) < 4.78 is 5.50. The Balaban J connectivity index is 2.22. The first kappa shape index (κ1) is 11.3. The molecule has 0 unspecified atom stereocenters. The van der Waals surface area contributed by atoms with Crippen molar-refractivity contribution in [1.82, 2.24) is 9.97 Å². The Hall–Kier alpha value is -2.17. The van der Waals surface area contributed by atoms with Gasteiger partial charge in [-0.2, -0.15) is 0 Å². The van der Waals surface area contributed by atoms with Crippen molar-refractivity contribution in [3.8, 4) is 11.5 Å². The summed E-state index contributed by atoms with van der Waals surface area (Å²) in [6, 6.07) is 3.60. The number of aryl methyl sites for hydroxylation is 2. The van der Waals surface area contributed by atoms with Gasteiger partial charge in [0.25, 0.3) is 0 Å². The molecule has 2 heterocycles. The lowest BCUT2D eigenvalue weighted by atomic mass is 10.2. The zero-order valence-corrected chi connectivity index (χ0v) is 9.38. The molecule has 0 saturated heterocycles. The molecule has 0 bridgehead atoms. The molecule has 0 aromatic carbocycles. The zero-order chi connectivity index (χ0) is 12.3. The molecule has 0 radical (unpaired) electrons. The fraction of sp³-hybridized carbons (Fsp3) is 0.250. The van der Waals surface area contributed by atoms with E-state index >= 15 is 0 Å². The highest BCUT2D eigenvalue weighted by Gasteiger charge is 2.12. The third-order valence-corrected chi connectivity index (χ3v) is 2.40. The first-order valence-corrected chi connectivity index (χ1v) is 5.25. The van der Waals surface area contributed by atoms with Gasteiger partial charge in [-0.3, -0.25) is 9.78 Å². The van der Waals surface area contributed by atoms with E-state index in [0.29, 0.717) is 23.8 Å². The van der Waals surface area contributed by atoms with E-state index in [1.165, 1.54) is 0 Å². The SMILES string of the molecule is Cc1oc(-c2ccncc2)nc1CCC(=O)O. The monoisotopic (exact) mass is 232 g/mol. The van der Waals surface area contributed by atoms with Crippen LogP contribution in [-0.2, 0) is 11.2 Å². The second-order valence-corrected chi connectivity index (χ2v) is 3.65. The summed E-state index contributed by atoms with van der Waals surface area (Å²) in [6.45, 7) is 1.79. The van der Waals surface area contributed by atoms with E-state index in [-0.39, 0.29) is 6.42 Å². The van der Waals surface area contributed by atoms with Gasteiger partial charge in [0.2, 0.25) is 5.89 Å². The van der Waals surface area contributed by atoms with Crippen LogP contribution in [-0.4, -0.2) is 21.0 Å². The topological polar surface area (TPSA) is 76.2 Å². The van der Waals surface area contributed by atoms with Gasteiger partial charge in [0.05, 0.1) is 12.1 Å². The molecule has 1 N–H and O–H groups in total. The number of nitrogens with zero attached hydrogens (tertiary/aromatic N) is 2. The number of hydrogen-bond donors (Lipinski definition) is 1. The normalized spacial score (nSPS) is 10.4. The molecular weight excluding hydrogens is 220 g/mol. The highest BCUT2D eigenvalue weighted by Crippen LogP contribution is 2.21. The van der Waals surface area contributed by atoms with Crippen LogP contribution < -0.4 is 0 Å². The second kappa shape index (κ2) is 4.78. The molecule has 0 aliphatic rings. The zero-order valence-electron chi connectivity index (χ0n) is 9.38. The maximum Gasteiger partial charge on any atom is 0.303 e. The Bertz CT molecular complexity index is 520. The van der Waals surface area contributed by atoms with Crippen LogP contribution in [0.15, 0.2) is 28.9 Å². The smallest absolute Gasteiger partial charge is 0.303 e. The van der Waals surface area contributed by atoms with Crippen LogP contribution in [0.5, 0.6) is 0 Å². The number of oxazole rings is 1. The fourth-order valence-corrected chi connectivity index (χ4v) is 1.50. The Morgan fingerprint density at radius 1 is 1.41 bits per heavy atom. The van der Waals surface area contributed by atoms with Crippen LogP contribution in [0.1, 0.15) is 17.9 Å². The molecule has 0 saturated carbocycles. The maximum absolute atomic E-state index is 10.5. The number of aliphatic carboxylic acids is 1. The average molecular weight is 232 g/mol. The molecule has 0 fully saturated rings. The summed E-state index contributed by atoms with van der Waals surface area (Å²) in [5, 5.41) is 8.62. The summed E-state index contributed by atoms with van der Waals surface area (Å²) in [6.07, 6.45) is 3.76. The summed E-state index contributed by atoms with van der Waals surface area (Å²) in [7, 11) is 0. The largest absolute Gasteiger partial charge is 0.481 e. The predicted molar refractivity (Wildman–Crippen MR) is 60.4 cm³/mol. The number of rotatable bonds is 4. The molecule has 0 atom stereocenters. The summed E-state index contributed by atoms with van der Waals surface area (Å²) in [5.74, 6) is 0.334. The number of hydrogen-bond acceptors (Lipinski definition) is 4. The van der Waals surface area contributed by atoms with Crippen LogP contribution in [0, 0.1) is 6.92 Å². The molecule has 88 valence electrons. The van der Waals surface area contributed by atoms with E-state index in [9.17, 15) is 4.79 Å². The minimum Gasteiger partial charge on any atom is -0.481 e. The molecule has 5 heteroatoms. The number of pyridine rings is 1. The van der Waals surface area contributed by atoms with Gasteiger partial charge >= 0.3 is 5.97 Å². The first-order chi connectivity index (χ1) is 8.16. The lowest BCUT2D eigenvalue weighted by Crippen LogP contribution is -1.98. The van der Waals surface area contributed by atoms with Gasteiger partial charge in [-0.25, -0.2) is 4.98 Å². The van der Waals surface area contributed by atoms with E-state index in [1.54, 1.807) is 31.5 Å². The lowest BCUT2D eigenvalue weighted by Gasteiger charge is -1.92. The third kappa shape index (κ3) is 2.69. The summed E-state index contributed by atoms with van der Waals surface area (Å²) in [4.78, 5) is 18.7. The van der Waals surface area contributed by atoms with Crippen molar-refractivity contribution in [3.63, 3.8) is 0 Å². The van der Waals surface area contributed by atoms with Crippen LogP contribution in [0.2, 0.25) is 0 Å². The molecule has 0 aliphatic heterocycles. The van der Waals surface area contributed by atoms with Crippen molar-refractivity contribution in [2.45, 2.75) is 19.8 Å². The van der Waals surface area contributed by atoms with Crippen molar-refractivity contribution in [3.05, 3.63) is 36.0 Å². The summed E-state index contributed by atoms with van der Waals surface area (Å²) >= 11 is 0. The van der Waals surface area contributed by atoms with Crippen LogP contribution in [0.3, 0.4) is 0 Å². The standard InChI is InChI=1S/C12H12N2O3/c1-8-10(2-3-11(15)16)14-12(17-8)9-4-6-13-7-5-9/h4-7H,2-3H2,1H3,(H,15,16). The fourth-order valence-electron chi connectivity index (χ4n) is 1.50. The lowest BCUT2D eigenvalue weighted by molar-refractivity contribution is -0.136. The summed E-state index contributed by atoms with van der Waals surface area (Å²) in [5.41, 5.74) is 1.53. The Morgan fingerprint density at radius 2 is 2.12 bits per heavy atom. The molecule has 0 aliphatic carbocycles. The number of carboxylic acid groups (broad SMARTS) is 1. The quantitative estimate of drug-likeness (QED) is 0.873. The van der Waals surface area contributed by atoms with Gasteiger partial charge in [0.1, 0.15) is 5.76 Å². The van der Waals surface area contributed by atoms with E-state index in [4.69, 9.17) is 9.52 Å². The number of carboxylic acids is 1. The molecule has 2 aromatic rings. The third-order valence-electron chi connectivity index (χ3n) is 2.40. The maximum atomic E-state index is 10.5. The molecule has 2 rings (SSSR count). The average Bonchev–Trinajstić information content (AvgIpc) is 2.69. The van der Waals surface area contributed by atoms with E-state index in [0.717, 1.165) is 5.56 Å². The van der Waals surface area contributed by atoms with Crippen LogP contribution in [0.4, 0.5) is 0 Å². The van der Waals surface area contributed by atoms with E-state index in [1.807, 2.05) is 0 Å². The van der Waals surface area contributed by atoms with Crippen molar-refractivity contribution < 1.29 is 14.3 Å². The highest BCUT2D eigenvalue weighted by atomic mass is 16.4. The molecule has 5 nitrogen and oxygen atoms in total. The molecule has 0 amide bonds. The van der Waals surface area contributed by atoms with Gasteiger partial charge in [-0.05, 0) is 19.1 Å². The van der Waals surface area contributed by atoms with Gasteiger partial charge in [0.15, 0.2) is 0 Å². The molecule has 0 spiro atoms. The minimum absolute atomic E-state index is 0.0587. The van der Waals surface area contributed by atoms with Gasteiger partial charge in [0, 0.05) is 24.4 Å². The Morgan fingerprint density at radius 3 is 2.76 bits per heavy atom. The molecular formula is C12H12N2O3. The number of carbonyl (C=O) groups is 1. The van der Waals surface area contributed by atoms with E-state index in [2.05, 4.69) is 9.97 Å². The highest BCUT2D eigenvalue weighted by molar-refractivity contribution is 5.67. The van der Waals surface area contributed by atoms with Crippen molar-refractivity contribution >= 4 is 5.97 Å².